The Morgan fingerprint density at radius 3 is 2.42 bits per heavy atom. The van der Waals surface area contributed by atoms with Crippen molar-refractivity contribution >= 4 is 39.7 Å². The van der Waals surface area contributed by atoms with Crippen molar-refractivity contribution < 1.29 is 32.7 Å². The quantitative estimate of drug-likeness (QED) is 0.283. The summed E-state index contributed by atoms with van der Waals surface area (Å²) in [4.78, 5) is 48.9. The largest absolute Gasteiger partial charge is 0.480 e. The monoisotopic (exact) mass is 522 g/mol. The summed E-state index contributed by atoms with van der Waals surface area (Å²) in [6.07, 6.45) is 1.76. The van der Waals surface area contributed by atoms with Crippen LogP contribution in [0.3, 0.4) is 0 Å². The number of benzene rings is 2. The zero-order valence-electron chi connectivity index (χ0n) is 21.1. The van der Waals surface area contributed by atoms with E-state index in [9.17, 15) is 28.7 Å². The van der Waals surface area contributed by atoms with Gasteiger partial charge < -0.3 is 24.6 Å². The van der Waals surface area contributed by atoms with Crippen LogP contribution < -0.4 is 16.3 Å². The van der Waals surface area contributed by atoms with Crippen LogP contribution in [0.4, 0.5) is 4.39 Å². The van der Waals surface area contributed by atoms with Crippen molar-refractivity contribution in [3.05, 3.63) is 70.0 Å². The first-order chi connectivity index (χ1) is 18.1. The highest BCUT2D eigenvalue weighted by Gasteiger charge is 2.25. The number of aryl methyl sites for hydroxylation is 1. The minimum absolute atomic E-state index is 0.129. The van der Waals surface area contributed by atoms with Crippen molar-refractivity contribution in [1.29, 1.82) is 0 Å². The number of furan rings is 1. The van der Waals surface area contributed by atoms with Crippen molar-refractivity contribution in [3.63, 3.8) is 0 Å². The number of aliphatic carboxylic acids is 1. The van der Waals surface area contributed by atoms with Gasteiger partial charge in [0.05, 0.1) is 24.8 Å². The molecule has 2 heterocycles. The lowest BCUT2D eigenvalue weighted by atomic mass is 9.99. The molecule has 10 heteroatoms. The third-order valence-electron chi connectivity index (χ3n) is 6.72. The lowest BCUT2D eigenvalue weighted by Crippen LogP contribution is -2.48. The topological polar surface area (TPSA) is 139 Å². The van der Waals surface area contributed by atoms with Gasteiger partial charge in [0.25, 0.3) is 0 Å². The normalized spacial score (nSPS) is 12.8. The standard InChI is InChI=1S/C28H27FN2O7/c1-4-14(2)26(27(34)35)31-25(33)12-30-24(32)10-19-15(3)18-9-20-21(16-5-7-17(29)8-6-16)13-37-22(20)11-23(18)38-28(19)36/h5-9,11,13-14,26H,4,10,12H2,1-3H3,(H,30,32)(H,31,33)(H,34,35)/t14-,26+/m1/s1. The van der Waals surface area contributed by atoms with Crippen molar-refractivity contribution in [2.75, 3.05) is 6.54 Å². The van der Waals surface area contributed by atoms with E-state index in [2.05, 4.69) is 10.6 Å². The van der Waals surface area contributed by atoms with Gasteiger partial charge in [-0.15, -0.1) is 0 Å². The van der Waals surface area contributed by atoms with Crippen molar-refractivity contribution in [2.45, 2.75) is 39.7 Å². The van der Waals surface area contributed by atoms with E-state index in [0.29, 0.717) is 23.0 Å². The Morgan fingerprint density at radius 1 is 1.05 bits per heavy atom. The lowest BCUT2D eigenvalue weighted by Gasteiger charge is -2.20. The van der Waals surface area contributed by atoms with E-state index in [1.165, 1.54) is 12.1 Å². The van der Waals surface area contributed by atoms with Gasteiger partial charge in [0.15, 0.2) is 0 Å². The Bertz CT molecular complexity index is 1590. The molecule has 0 radical (unpaired) electrons. The van der Waals surface area contributed by atoms with Gasteiger partial charge in [-0.25, -0.2) is 14.0 Å². The number of rotatable bonds is 9. The van der Waals surface area contributed by atoms with Gasteiger partial charge in [0, 0.05) is 22.4 Å². The number of carboxylic acid groups (broad SMARTS) is 1. The molecule has 2 aromatic carbocycles. The average Bonchev–Trinajstić information content (AvgIpc) is 3.30. The lowest BCUT2D eigenvalue weighted by molar-refractivity contribution is -0.143. The molecule has 2 atom stereocenters. The molecule has 0 saturated carbocycles. The second-order valence-electron chi connectivity index (χ2n) is 9.22. The van der Waals surface area contributed by atoms with Gasteiger partial charge in [0.1, 0.15) is 23.0 Å². The van der Waals surface area contributed by atoms with Crippen LogP contribution in [0, 0.1) is 18.7 Å². The summed E-state index contributed by atoms with van der Waals surface area (Å²) in [5.74, 6) is -3.05. The Labute approximate surface area is 216 Å². The Kier molecular flexibility index (Phi) is 7.61. The summed E-state index contributed by atoms with van der Waals surface area (Å²) in [6.45, 7) is 4.78. The van der Waals surface area contributed by atoms with Gasteiger partial charge in [-0.2, -0.15) is 0 Å². The van der Waals surface area contributed by atoms with Crippen LogP contribution in [-0.2, 0) is 20.8 Å². The summed E-state index contributed by atoms with van der Waals surface area (Å²) in [5, 5.41) is 15.5. The minimum Gasteiger partial charge on any atom is -0.480 e. The molecule has 2 aromatic heterocycles. The van der Waals surface area contributed by atoms with Crippen molar-refractivity contribution in [1.82, 2.24) is 10.6 Å². The predicted molar refractivity (Wildman–Crippen MR) is 138 cm³/mol. The van der Waals surface area contributed by atoms with Gasteiger partial charge in [-0.3, -0.25) is 9.59 Å². The molecular formula is C28H27FN2O7. The third kappa shape index (κ3) is 5.44. The summed E-state index contributed by atoms with van der Waals surface area (Å²) < 4.78 is 24.5. The number of hydrogen-bond donors (Lipinski definition) is 3. The Morgan fingerprint density at radius 2 is 1.76 bits per heavy atom. The molecule has 0 unspecified atom stereocenters. The van der Waals surface area contributed by atoms with Crippen LogP contribution in [0.25, 0.3) is 33.1 Å². The van der Waals surface area contributed by atoms with E-state index in [1.807, 2.05) is 6.92 Å². The van der Waals surface area contributed by atoms with Crippen LogP contribution in [0.1, 0.15) is 31.4 Å². The van der Waals surface area contributed by atoms with Crippen molar-refractivity contribution in [2.24, 2.45) is 5.92 Å². The van der Waals surface area contributed by atoms with Crippen LogP contribution in [0.2, 0.25) is 0 Å². The molecule has 0 spiro atoms. The first-order valence-electron chi connectivity index (χ1n) is 12.1. The van der Waals surface area contributed by atoms with Gasteiger partial charge in [0.2, 0.25) is 11.8 Å². The molecule has 0 saturated heterocycles. The molecule has 2 amide bonds. The van der Waals surface area contributed by atoms with E-state index in [0.717, 1.165) is 16.5 Å². The van der Waals surface area contributed by atoms with E-state index < -0.39 is 36.0 Å². The number of carbonyl (C=O) groups excluding carboxylic acids is 2. The Hall–Kier alpha value is -4.47. The van der Waals surface area contributed by atoms with E-state index in [-0.39, 0.29) is 29.3 Å². The molecule has 0 aliphatic rings. The molecule has 3 N–H and O–H groups in total. The molecule has 0 fully saturated rings. The minimum atomic E-state index is -1.15. The maximum absolute atomic E-state index is 13.4. The SMILES string of the molecule is CC[C@@H](C)[C@H](NC(=O)CNC(=O)Cc1c(C)c2cc3c(-c4ccc(F)cc4)coc3cc2oc1=O)C(=O)O. The molecule has 9 nitrogen and oxygen atoms in total. The molecule has 0 bridgehead atoms. The summed E-state index contributed by atoms with van der Waals surface area (Å²) in [6, 6.07) is 8.28. The van der Waals surface area contributed by atoms with E-state index in [1.54, 1.807) is 44.4 Å². The van der Waals surface area contributed by atoms with Gasteiger partial charge in [-0.05, 0) is 42.2 Å². The highest BCUT2D eigenvalue weighted by Crippen LogP contribution is 2.34. The number of carbonyl (C=O) groups is 3. The fourth-order valence-electron chi connectivity index (χ4n) is 4.28. The number of hydrogen-bond acceptors (Lipinski definition) is 6. The maximum Gasteiger partial charge on any atom is 0.340 e. The summed E-state index contributed by atoms with van der Waals surface area (Å²) in [5.41, 5.74) is 2.21. The highest BCUT2D eigenvalue weighted by molar-refractivity contribution is 6.02. The second-order valence-corrected chi connectivity index (χ2v) is 9.22. The number of carboxylic acids is 1. The van der Waals surface area contributed by atoms with Gasteiger partial charge >= 0.3 is 11.6 Å². The number of amides is 2. The molecule has 4 aromatic rings. The second kappa shape index (κ2) is 10.9. The van der Waals surface area contributed by atoms with Crippen LogP contribution in [0.15, 0.2) is 56.3 Å². The fraction of sp³-hybridized carbons (Fsp3) is 0.286. The summed E-state index contributed by atoms with van der Waals surface area (Å²) in [7, 11) is 0. The van der Waals surface area contributed by atoms with E-state index >= 15 is 0 Å². The highest BCUT2D eigenvalue weighted by atomic mass is 19.1. The maximum atomic E-state index is 13.4. The summed E-state index contributed by atoms with van der Waals surface area (Å²) >= 11 is 0. The first kappa shape index (κ1) is 26.6. The van der Waals surface area contributed by atoms with Crippen molar-refractivity contribution in [3.8, 4) is 11.1 Å². The fourth-order valence-corrected chi connectivity index (χ4v) is 4.28. The molecular weight excluding hydrogens is 495 g/mol. The number of fused-ring (bicyclic) bond motifs is 2. The predicted octanol–water partition coefficient (Wildman–Crippen LogP) is 3.93. The molecule has 0 aliphatic carbocycles. The zero-order valence-corrected chi connectivity index (χ0v) is 21.1. The average molecular weight is 523 g/mol. The molecule has 0 aliphatic heterocycles. The van der Waals surface area contributed by atoms with Crippen LogP contribution in [-0.4, -0.2) is 35.5 Å². The van der Waals surface area contributed by atoms with Crippen LogP contribution in [0.5, 0.6) is 0 Å². The molecule has 38 heavy (non-hydrogen) atoms. The molecule has 198 valence electrons. The van der Waals surface area contributed by atoms with E-state index in [4.69, 9.17) is 8.83 Å². The zero-order chi connectivity index (χ0) is 27.6. The van der Waals surface area contributed by atoms with Gasteiger partial charge in [-0.1, -0.05) is 32.4 Å². The third-order valence-corrected chi connectivity index (χ3v) is 6.72. The van der Waals surface area contributed by atoms with Crippen LogP contribution >= 0.6 is 0 Å². The number of nitrogens with one attached hydrogen (secondary N) is 2. The number of halogens is 1. The first-order valence-corrected chi connectivity index (χ1v) is 12.1. The smallest absolute Gasteiger partial charge is 0.340 e. The Balaban J connectivity index is 1.55. The molecule has 4 rings (SSSR count).